The van der Waals surface area contributed by atoms with Gasteiger partial charge in [0.1, 0.15) is 0 Å². The molecular weight excluding hydrogens is 180 g/mol. The largest absolute Gasteiger partial charge is 0.379 e. The van der Waals surface area contributed by atoms with Crippen LogP contribution in [0.25, 0.3) is 0 Å². The van der Waals surface area contributed by atoms with Crippen LogP contribution >= 0.6 is 0 Å². The molecule has 0 aromatic heterocycles. The lowest BCUT2D eigenvalue weighted by Gasteiger charge is -2.24. The summed E-state index contributed by atoms with van der Waals surface area (Å²) >= 11 is 0. The lowest BCUT2D eigenvalue weighted by atomic mass is 10.1. The van der Waals surface area contributed by atoms with Gasteiger partial charge in [-0.15, -0.1) is 0 Å². The van der Waals surface area contributed by atoms with Gasteiger partial charge in [-0.05, 0) is 18.9 Å². The third kappa shape index (κ3) is 2.96. The number of nitrogens with two attached hydrogens (primary N) is 1. The third-order valence-corrected chi connectivity index (χ3v) is 2.77. The molecule has 1 saturated heterocycles. The van der Waals surface area contributed by atoms with Gasteiger partial charge in [0, 0.05) is 20.1 Å². The van der Waals surface area contributed by atoms with E-state index in [-0.39, 0.29) is 17.9 Å². The highest BCUT2D eigenvalue weighted by atomic mass is 16.5. The monoisotopic (exact) mass is 200 g/mol. The molecule has 1 amide bonds. The summed E-state index contributed by atoms with van der Waals surface area (Å²) in [4.78, 5) is 13.5. The second kappa shape index (κ2) is 5.32. The molecule has 4 nitrogen and oxygen atoms in total. The lowest BCUT2D eigenvalue weighted by molar-refractivity contribution is -0.132. The predicted octanol–water partition coefficient (Wildman–Crippen LogP) is 0.219. The summed E-state index contributed by atoms with van der Waals surface area (Å²) in [5.41, 5.74) is 5.48. The highest BCUT2D eigenvalue weighted by Gasteiger charge is 2.24. The molecule has 2 N–H and O–H groups in total. The van der Waals surface area contributed by atoms with E-state index in [2.05, 4.69) is 0 Å². The van der Waals surface area contributed by atoms with Crippen molar-refractivity contribution in [3.8, 4) is 0 Å². The van der Waals surface area contributed by atoms with Gasteiger partial charge < -0.3 is 15.4 Å². The summed E-state index contributed by atoms with van der Waals surface area (Å²) in [6, 6.07) is 0.271. The summed E-state index contributed by atoms with van der Waals surface area (Å²) in [5.74, 6) is 0.450. The first-order chi connectivity index (χ1) is 6.65. The summed E-state index contributed by atoms with van der Waals surface area (Å²) < 4.78 is 5.24. The fraction of sp³-hybridized carbons (Fsp3) is 0.900. The van der Waals surface area contributed by atoms with Crippen LogP contribution in [0.3, 0.4) is 0 Å². The van der Waals surface area contributed by atoms with Crippen LogP contribution in [0.1, 0.15) is 19.8 Å². The minimum atomic E-state index is 0.179. The molecule has 0 bridgehead atoms. The first-order valence-electron chi connectivity index (χ1n) is 5.18. The van der Waals surface area contributed by atoms with E-state index in [1.54, 1.807) is 4.90 Å². The molecule has 0 spiro atoms. The van der Waals surface area contributed by atoms with Gasteiger partial charge in [-0.2, -0.15) is 0 Å². The maximum atomic E-state index is 11.7. The predicted molar refractivity (Wildman–Crippen MR) is 54.8 cm³/mol. The van der Waals surface area contributed by atoms with Crippen molar-refractivity contribution < 1.29 is 9.53 Å². The number of amides is 1. The number of rotatable bonds is 4. The number of carbonyl (C=O) groups is 1. The van der Waals surface area contributed by atoms with Gasteiger partial charge in [-0.1, -0.05) is 6.92 Å². The SMILES string of the molecule is CC(CN)CC(=O)N(C)C1CCOC1. The number of hydrogen-bond acceptors (Lipinski definition) is 3. The Balaban J connectivity index is 2.35. The molecule has 0 aliphatic carbocycles. The van der Waals surface area contributed by atoms with Crippen molar-refractivity contribution in [2.24, 2.45) is 11.7 Å². The molecule has 0 aromatic carbocycles. The number of nitrogens with zero attached hydrogens (tertiary/aromatic N) is 1. The lowest BCUT2D eigenvalue weighted by Crippen LogP contribution is -2.38. The molecule has 1 rings (SSSR count). The molecule has 1 aliphatic rings. The van der Waals surface area contributed by atoms with E-state index >= 15 is 0 Å². The van der Waals surface area contributed by atoms with Crippen molar-refractivity contribution in [1.29, 1.82) is 0 Å². The Morgan fingerprint density at radius 3 is 2.93 bits per heavy atom. The summed E-state index contributed by atoms with van der Waals surface area (Å²) in [5, 5.41) is 0. The first kappa shape index (κ1) is 11.5. The van der Waals surface area contributed by atoms with Crippen LogP contribution in [-0.4, -0.2) is 43.7 Å². The van der Waals surface area contributed by atoms with Crippen LogP contribution in [0.15, 0.2) is 0 Å². The molecule has 1 aliphatic heterocycles. The van der Waals surface area contributed by atoms with E-state index in [0.717, 1.165) is 13.0 Å². The molecule has 0 saturated carbocycles. The van der Waals surface area contributed by atoms with Crippen LogP contribution < -0.4 is 5.73 Å². The molecule has 4 heteroatoms. The standard InChI is InChI=1S/C10H20N2O2/c1-8(6-11)5-10(13)12(2)9-3-4-14-7-9/h8-9H,3-7,11H2,1-2H3. The third-order valence-electron chi connectivity index (χ3n) is 2.77. The highest BCUT2D eigenvalue weighted by molar-refractivity contribution is 5.76. The van der Waals surface area contributed by atoms with E-state index < -0.39 is 0 Å². The van der Waals surface area contributed by atoms with Crippen LogP contribution in [0.5, 0.6) is 0 Å². The van der Waals surface area contributed by atoms with Crippen molar-refractivity contribution in [3.63, 3.8) is 0 Å². The van der Waals surface area contributed by atoms with Crippen molar-refractivity contribution in [3.05, 3.63) is 0 Å². The van der Waals surface area contributed by atoms with Gasteiger partial charge >= 0.3 is 0 Å². The number of ether oxygens (including phenoxy) is 1. The zero-order valence-electron chi connectivity index (χ0n) is 9.03. The van der Waals surface area contributed by atoms with E-state index in [1.807, 2.05) is 14.0 Å². The second-order valence-corrected chi connectivity index (χ2v) is 4.07. The van der Waals surface area contributed by atoms with E-state index in [1.165, 1.54) is 0 Å². The van der Waals surface area contributed by atoms with Crippen LogP contribution in [-0.2, 0) is 9.53 Å². The number of likely N-dealkylation sites (N-methyl/N-ethyl adjacent to an activating group) is 1. The fourth-order valence-electron chi connectivity index (χ4n) is 1.56. The minimum absolute atomic E-state index is 0.179. The van der Waals surface area contributed by atoms with E-state index in [4.69, 9.17) is 10.5 Å². The van der Waals surface area contributed by atoms with Gasteiger partial charge in [0.15, 0.2) is 0 Å². The van der Waals surface area contributed by atoms with Crippen LogP contribution in [0.2, 0.25) is 0 Å². The zero-order valence-corrected chi connectivity index (χ0v) is 9.03. The Kier molecular flexibility index (Phi) is 4.35. The summed E-state index contributed by atoms with van der Waals surface area (Å²) in [7, 11) is 1.85. The molecule has 0 aromatic rings. The highest BCUT2D eigenvalue weighted by Crippen LogP contribution is 2.13. The van der Waals surface area contributed by atoms with Gasteiger partial charge in [0.05, 0.1) is 12.6 Å². The molecule has 1 heterocycles. The normalized spacial score (nSPS) is 23.5. The summed E-state index contributed by atoms with van der Waals surface area (Å²) in [6.07, 6.45) is 1.50. The molecule has 2 atom stereocenters. The molecular formula is C10H20N2O2. The second-order valence-electron chi connectivity index (χ2n) is 4.07. The molecule has 2 unspecified atom stereocenters. The van der Waals surface area contributed by atoms with Gasteiger partial charge in [-0.25, -0.2) is 0 Å². The van der Waals surface area contributed by atoms with Crippen molar-refractivity contribution in [2.75, 3.05) is 26.8 Å². The molecule has 14 heavy (non-hydrogen) atoms. The van der Waals surface area contributed by atoms with Crippen molar-refractivity contribution >= 4 is 5.91 Å². The van der Waals surface area contributed by atoms with Crippen LogP contribution in [0.4, 0.5) is 0 Å². The molecule has 1 fully saturated rings. The smallest absolute Gasteiger partial charge is 0.222 e. The van der Waals surface area contributed by atoms with Crippen molar-refractivity contribution in [2.45, 2.75) is 25.8 Å². The zero-order chi connectivity index (χ0) is 10.6. The first-order valence-corrected chi connectivity index (χ1v) is 5.18. The number of hydrogen-bond donors (Lipinski definition) is 1. The van der Waals surface area contributed by atoms with Gasteiger partial charge in [0.25, 0.3) is 0 Å². The Morgan fingerprint density at radius 1 is 1.71 bits per heavy atom. The van der Waals surface area contributed by atoms with Crippen molar-refractivity contribution in [1.82, 2.24) is 4.90 Å². The molecule has 0 radical (unpaired) electrons. The Labute approximate surface area is 85.4 Å². The van der Waals surface area contributed by atoms with Crippen LogP contribution in [0, 0.1) is 5.92 Å². The average Bonchev–Trinajstić information content (AvgIpc) is 2.69. The Hall–Kier alpha value is -0.610. The minimum Gasteiger partial charge on any atom is -0.379 e. The molecule has 82 valence electrons. The quantitative estimate of drug-likeness (QED) is 0.706. The van der Waals surface area contributed by atoms with E-state index in [9.17, 15) is 4.79 Å². The average molecular weight is 200 g/mol. The Morgan fingerprint density at radius 2 is 2.43 bits per heavy atom. The van der Waals surface area contributed by atoms with Gasteiger partial charge in [0.2, 0.25) is 5.91 Å². The maximum Gasteiger partial charge on any atom is 0.222 e. The maximum absolute atomic E-state index is 11.7. The Bertz CT molecular complexity index is 191. The van der Waals surface area contributed by atoms with E-state index in [0.29, 0.717) is 19.6 Å². The summed E-state index contributed by atoms with van der Waals surface area (Å²) in [6.45, 7) is 4.02. The van der Waals surface area contributed by atoms with Gasteiger partial charge in [-0.3, -0.25) is 4.79 Å². The topological polar surface area (TPSA) is 55.6 Å². The number of carbonyl (C=O) groups excluding carboxylic acids is 1. The fourth-order valence-corrected chi connectivity index (χ4v) is 1.56.